The van der Waals surface area contributed by atoms with Crippen molar-refractivity contribution < 1.29 is 9.59 Å². The van der Waals surface area contributed by atoms with Crippen LogP contribution in [0.5, 0.6) is 0 Å². The molecule has 10 aromatic rings. The molecule has 0 radical (unpaired) electrons. The van der Waals surface area contributed by atoms with Gasteiger partial charge in [-0.25, -0.2) is 4.98 Å². The number of hydrogen-bond acceptors (Lipinski definition) is 6. The number of hydrogen-bond donors (Lipinski definition) is 0. The van der Waals surface area contributed by atoms with Crippen LogP contribution in [-0.4, -0.2) is 17.6 Å². The molecule has 76 heavy (non-hydrogen) atoms. The van der Waals surface area contributed by atoms with E-state index in [4.69, 9.17) is 4.98 Å². The lowest BCUT2D eigenvalue weighted by molar-refractivity contribution is 0.112. The van der Waals surface area contributed by atoms with E-state index in [0.29, 0.717) is 28.1 Å². The topological polar surface area (TPSA) is 56.8 Å². The van der Waals surface area contributed by atoms with Crippen molar-refractivity contribution >= 4 is 148 Å². The van der Waals surface area contributed by atoms with E-state index in [1.54, 1.807) is 0 Å². The number of anilines is 9. The van der Waals surface area contributed by atoms with Crippen molar-refractivity contribution in [3.63, 3.8) is 0 Å². The highest BCUT2D eigenvalue weighted by Crippen LogP contribution is 2.39. The smallest absolute Gasteiger partial charge is 0.152 e. The number of carbonyl (C=O) groups excluding carboxylic acids is 2. The Balaban J connectivity index is 1.01. The fourth-order valence-corrected chi connectivity index (χ4v) is 9.72. The molecule has 0 spiro atoms. The highest BCUT2D eigenvalue weighted by Gasteiger charge is 2.18. The van der Waals surface area contributed by atoms with Gasteiger partial charge >= 0.3 is 0 Å². The maximum Gasteiger partial charge on any atom is 0.152 e. The van der Waals surface area contributed by atoms with Crippen LogP contribution >= 0.6 is 47.8 Å². The number of benzene rings is 9. The number of pyridine rings is 1. The van der Waals surface area contributed by atoms with Crippen molar-refractivity contribution in [2.24, 2.45) is 0 Å². The molecule has 0 saturated heterocycles. The Hall–Kier alpha value is -8.47. The summed E-state index contributed by atoms with van der Waals surface area (Å²) < 4.78 is 3.00. The van der Waals surface area contributed by atoms with E-state index in [1.165, 1.54) is 0 Å². The molecule has 0 N–H and O–H groups in total. The molecule has 0 aliphatic heterocycles. The van der Waals surface area contributed by atoms with Crippen molar-refractivity contribution in [2.45, 2.75) is 0 Å². The minimum atomic E-state index is 0.300. The third-order valence-corrected chi connectivity index (χ3v) is 14.3. The van der Waals surface area contributed by atoms with Gasteiger partial charge in [0, 0.05) is 75.7 Å². The molecule has 0 fully saturated rings. The molecule has 0 saturated carbocycles. The van der Waals surface area contributed by atoms with E-state index < -0.39 is 0 Å². The number of aromatic nitrogens is 1. The predicted molar refractivity (Wildman–Crippen MR) is 328 cm³/mol. The lowest BCUT2D eigenvalue weighted by Crippen LogP contribution is -2.09. The zero-order valence-corrected chi connectivity index (χ0v) is 45.6. The summed E-state index contributed by atoms with van der Waals surface area (Å²) in [4.78, 5) is 38.2. The molecule has 10 rings (SSSR count). The summed E-state index contributed by atoms with van der Waals surface area (Å²) >= 11 is 10.7. The monoisotopic (exact) mass is 1180 g/mol. The number of aldehydes is 2. The van der Waals surface area contributed by atoms with Crippen LogP contribution in [-0.2, 0) is 0 Å². The van der Waals surface area contributed by atoms with Crippen molar-refractivity contribution in [2.75, 3.05) is 14.7 Å². The van der Waals surface area contributed by atoms with Gasteiger partial charge in [-0.05, 0) is 180 Å². The number of rotatable bonds is 17. The van der Waals surface area contributed by atoms with Gasteiger partial charge in [-0.1, -0.05) is 163 Å². The van der Waals surface area contributed by atoms with E-state index in [0.717, 1.165) is 93.9 Å². The number of para-hydroxylation sites is 3. The van der Waals surface area contributed by atoms with Gasteiger partial charge in [0.2, 0.25) is 0 Å². The van der Waals surface area contributed by atoms with E-state index in [9.17, 15) is 9.59 Å². The molecule has 9 heteroatoms. The fourth-order valence-electron chi connectivity index (χ4n) is 8.93. The number of halogens is 3. The first-order valence-corrected chi connectivity index (χ1v) is 26.8. The number of nitrogens with zero attached hydrogens (tertiary/aromatic N) is 4. The first-order valence-electron chi connectivity index (χ1n) is 24.5. The van der Waals surface area contributed by atoms with Crippen LogP contribution < -0.4 is 14.7 Å². The summed E-state index contributed by atoms with van der Waals surface area (Å²) in [5.74, 6) is 0. The molecular weight excluding hydrogens is 1130 g/mol. The summed E-state index contributed by atoms with van der Waals surface area (Å²) in [5.41, 5.74) is 13.7. The van der Waals surface area contributed by atoms with Gasteiger partial charge in [0.25, 0.3) is 0 Å². The quantitative estimate of drug-likeness (QED) is 0.0847. The van der Waals surface area contributed by atoms with Crippen molar-refractivity contribution in [3.05, 3.63) is 295 Å². The van der Waals surface area contributed by atoms with Crippen molar-refractivity contribution in [1.29, 1.82) is 0 Å². The molecule has 0 bridgehead atoms. The van der Waals surface area contributed by atoms with E-state index in [2.05, 4.69) is 172 Å². The van der Waals surface area contributed by atoms with Gasteiger partial charge in [0.15, 0.2) is 12.6 Å². The molecule has 9 aromatic carbocycles. The van der Waals surface area contributed by atoms with Crippen LogP contribution in [0.25, 0.3) is 36.5 Å². The van der Waals surface area contributed by atoms with Gasteiger partial charge in [-0.3, -0.25) is 9.59 Å². The van der Waals surface area contributed by atoms with E-state index >= 15 is 0 Å². The summed E-state index contributed by atoms with van der Waals surface area (Å²) in [6.45, 7) is 0. The maximum absolute atomic E-state index is 13.3. The second kappa shape index (κ2) is 24.3. The third-order valence-electron chi connectivity index (χ3n) is 12.7. The van der Waals surface area contributed by atoms with Crippen LogP contribution in [0.2, 0.25) is 0 Å². The van der Waals surface area contributed by atoms with Gasteiger partial charge in [-0.2, -0.15) is 0 Å². The Bertz CT molecular complexity index is 3490. The molecule has 0 amide bonds. The van der Waals surface area contributed by atoms with Crippen LogP contribution in [0.4, 0.5) is 51.2 Å². The molecule has 1 aromatic heterocycles. The lowest BCUT2D eigenvalue weighted by atomic mass is 9.97. The standard InChI is InChI=1S/C67H47Br3N4O2/c68-51-25-37-60(38-26-51)72(54-10-4-1-5-11-54)57-31-16-48(17-32-57)22-43-63-64(46-75)66(44-23-49-18-33-58(34-19-49)73(55-12-6-2-7-13-55)61-39-27-52(69)28-40-61)71-67(65(63)47-76)45-24-50-20-35-59(36-21-50)74(56-14-8-3-9-15-56)62-41-29-53(70)30-42-62/h1-47H/b43-22+,44-23+,45-24+. The Labute approximate surface area is 468 Å². The summed E-state index contributed by atoms with van der Waals surface area (Å²) in [6, 6.07) is 80.1. The first kappa shape index (κ1) is 51.0. The van der Waals surface area contributed by atoms with Crippen LogP contribution in [0.15, 0.2) is 250 Å². The van der Waals surface area contributed by atoms with Crippen molar-refractivity contribution in [1.82, 2.24) is 4.98 Å². The predicted octanol–water partition coefficient (Wildman–Crippen LogP) is 19.9. The molecule has 0 atom stereocenters. The zero-order chi connectivity index (χ0) is 52.2. The third kappa shape index (κ3) is 12.0. The van der Waals surface area contributed by atoms with Gasteiger partial charge in [-0.15, -0.1) is 0 Å². The molecule has 0 unspecified atom stereocenters. The highest BCUT2D eigenvalue weighted by atomic mass is 79.9. The van der Waals surface area contributed by atoms with E-state index in [1.807, 2.05) is 164 Å². The Morgan fingerprint density at radius 1 is 0.263 bits per heavy atom. The zero-order valence-electron chi connectivity index (χ0n) is 40.9. The minimum Gasteiger partial charge on any atom is -0.311 e. The Kier molecular flexibility index (Phi) is 16.3. The summed E-state index contributed by atoms with van der Waals surface area (Å²) in [6.07, 6.45) is 12.9. The second-order valence-corrected chi connectivity index (χ2v) is 20.3. The molecular formula is C67H47Br3N4O2. The summed E-state index contributed by atoms with van der Waals surface area (Å²) in [5, 5.41) is 0. The van der Waals surface area contributed by atoms with Crippen molar-refractivity contribution in [3.8, 4) is 0 Å². The van der Waals surface area contributed by atoms with Crippen LogP contribution in [0, 0.1) is 0 Å². The van der Waals surface area contributed by atoms with Gasteiger partial charge < -0.3 is 14.7 Å². The molecule has 368 valence electrons. The van der Waals surface area contributed by atoms with Gasteiger partial charge in [0.1, 0.15) is 0 Å². The molecule has 6 nitrogen and oxygen atoms in total. The fraction of sp³-hybridized carbons (Fsp3) is 0. The van der Waals surface area contributed by atoms with Crippen LogP contribution in [0.3, 0.4) is 0 Å². The Morgan fingerprint density at radius 2 is 0.500 bits per heavy atom. The van der Waals surface area contributed by atoms with Crippen LogP contribution in [0.1, 0.15) is 54.4 Å². The average molecular weight is 1180 g/mol. The first-order chi connectivity index (χ1) is 37.3. The maximum atomic E-state index is 13.3. The second-order valence-electron chi connectivity index (χ2n) is 17.6. The summed E-state index contributed by atoms with van der Waals surface area (Å²) in [7, 11) is 0. The number of carbonyl (C=O) groups is 2. The average Bonchev–Trinajstić information content (AvgIpc) is 3.47. The van der Waals surface area contributed by atoms with Gasteiger partial charge in [0.05, 0.1) is 11.4 Å². The largest absolute Gasteiger partial charge is 0.311 e. The lowest BCUT2D eigenvalue weighted by Gasteiger charge is -2.25. The molecule has 0 aliphatic rings. The normalized spacial score (nSPS) is 11.3. The SMILES string of the molecule is O=Cc1c(/C=C/c2ccc(N(c3ccccc3)c3ccc(Br)cc3)cc2)nc(/C=C/c2ccc(N(c3ccccc3)c3ccc(Br)cc3)cc2)c(C=O)c1/C=C/c1ccc(N(c2ccccc2)c2ccc(Br)cc2)cc1. The molecule has 0 aliphatic carbocycles. The molecule has 1 heterocycles. The van der Waals surface area contributed by atoms with E-state index in [-0.39, 0.29) is 0 Å². The highest BCUT2D eigenvalue weighted by molar-refractivity contribution is 9.11. The Morgan fingerprint density at radius 3 is 0.763 bits per heavy atom. The minimum absolute atomic E-state index is 0.300.